The third kappa shape index (κ3) is 11.6. The van der Waals surface area contributed by atoms with Crippen LogP contribution in [0.5, 0.6) is 0 Å². The second-order valence-electron chi connectivity index (χ2n) is 3.97. The molecule has 0 aromatic rings. The molecule has 0 heterocycles. The minimum absolute atomic E-state index is 0.0836. The Morgan fingerprint density at radius 1 is 1.18 bits per heavy atom. The van der Waals surface area contributed by atoms with Crippen LogP contribution in [0.25, 0.3) is 0 Å². The van der Waals surface area contributed by atoms with Crippen LogP contribution in [0.2, 0.25) is 0 Å². The van der Waals surface area contributed by atoms with E-state index in [2.05, 4.69) is 0 Å². The molecule has 5 nitrogen and oxygen atoms in total. The Kier molecular flexibility index (Phi) is 11.4. The van der Waals surface area contributed by atoms with Crippen molar-refractivity contribution in [3.63, 3.8) is 0 Å². The number of hydrogen-bond donors (Lipinski definition) is 2. The standard InChI is InChI=1S/C12H25NO4/c1-11(2)12(14)17-9-4-8-15-6-3-7-16-10-5-13/h4,9,11-12,14H,3,5-8,10,13H2,1-2H3/b9-4+. The lowest BCUT2D eigenvalue weighted by Gasteiger charge is -2.12. The van der Waals surface area contributed by atoms with Crippen LogP contribution >= 0.6 is 0 Å². The van der Waals surface area contributed by atoms with Gasteiger partial charge in [-0.05, 0) is 12.5 Å². The number of rotatable bonds is 11. The maximum Gasteiger partial charge on any atom is 0.198 e. The Bertz CT molecular complexity index is 185. The fourth-order valence-corrected chi connectivity index (χ4v) is 0.932. The number of aliphatic hydroxyl groups excluding tert-OH is 1. The topological polar surface area (TPSA) is 73.9 Å². The third-order valence-electron chi connectivity index (χ3n) is 1.94. The summed E-state index contributed by atoms with van der Waals surface area (Å²) >= 11 is 0. The van der Waals surface area contributed by atoms with Gasteiger partial charge in [-0.15, -0.1) is 0 Å². The normalized spacial score (nSPS) is 13.5. The monoisotopic (exact) mass is 247 g/mol. The van der Waals surface area contributed by atoms with Gasteiger partial charge >= 0.3 is 0 Å². The van der Waals surface area contributed by atoms with Crippen LogP contribution < -0.4 is 5.73 Å². The average Bonchev–Trinajstić information content (AvgIpc) is 2.31. The van der Waals surface area contributed by atoms with E-state index in [-0.39, 0.29) is 5.92 Å². The molecule has 0 saturated heterocycles. The third-order valence-corrected chi connectivity index (χ3v) is 1.94. The molecule has 0 spiro atoms. The van der Waals surface area contributed by atoms with Crippen molar-refractivity contribution < 1.29 is 19.3 Å². The minimum atomic E-state index is -0.754. The molecule has 5 heteroatoms. The van der Waals surface area contributed by atoms with E-state index in [1.54, 1.807) is 6.08 Å². The SMILES string of the molecule is CC(C)C(O)O/C=C/COCCCOCCN. The first-order valence-electron chi connectivity index (χ1n) is 6.02. The van der Waals surface area contributed by atoms with Crippen molar-refractivity contribution in [3.8, 4) is 0 Å². The molecule has 0 amide bonds. The second-order valence-corrected chi connectivity index (χ2v) is 3.97. The molecule has 0 aliphatic heterocycles. The highest BCUT2D eigenvalue weighted by molar-refractivity contribution is 4.73. The lowest BCUT2D eigenvalue weighted by Crippen LogP contribution is -2.15. The maximum absolute atomic E-state index is 9.31. The average molecular weight is 247 g/mol. The van der Waals surface area contributed by atoms with E-state index in [1.807, 2.05) is 13.8 Å². The Hall–Kier alpha value is -0.620. The zero-order valence-corrected chi connectivity index (χ0v) is 10.8. The van der Waals surface area contributed by atoms with Crippen LogP contribution in [0.4, 0.5) is 0 Å². The molecule has 1 atom stereocenters. The summed E-state index contributed by atoms with van der Waals surface area (Å²) in [6, 6.07) is 0. The first-order chi connectivity index (χ1) is 8.18. The highest BCUT2D eigenvalue weighted by Crippen LogP contribution is 2.02. The maximum atomic E-state index is 9.31. The lowest BCUT2D eigenvalue weighted by molar-refractivity contribution is -0.0830. The first kappa shape index (κ1) is 16.4. The molecular weight excluding hydrogens is 222 g/mol. The summed E-state index contributed by atoms with van der Waals surface area (Å²) in [7, 11) is 0. The number of ether oxygens (including phenoxy) is 3. The van der Waals surface area contributed by atoms with E-state index in [0.717, 1.165) is 6.42 Å². The molecule has 0 rings (SSSR count). The molecular formula is C12H25NO4. The van der Waals surface area contributed by atoms with Crippen LogP contribution in [0.15, 0.2) is 12.3 Å². The molecule has 0 aliphatic rings. The molecule has 0 aromatic heterocycles. The summed E-state index contributed by atoms with van der Waals surface area (Å²) in [5.41, 5.74) is 5.27. The summed E-state index contributed by atoms with van der Waals surface area (Å²) in [6.45, 7) is 6.71. The van der Waals surface area contributed by atoms with E-state index in [4.69, 9.17) is 19.9 Å². The summed E-state index contributed by atoms with van der Waals surface area (Å²) in [5, 5.41) is 9.31. The van der Waals surface area contributed by atoms with Crippen molar-refractivity contribution in [1.82, 2.24) is 0 Å². The Morgan fingerprint density at radius 3 is 2.53 bits per heavy atom. The van der Waals surface area contributed by atoms with E-state index in [1.165, 1.54) is 6.26 Å². The van der Waals surface area contributed by atoms with Gasteiger partial charge in [-0.1, -0.05) is 13.8 Å². The molecule has 1 unspecified atom stereocenters. The smallest absolute Gasteiger partial charge is 0.198 e. The van der Waals surface area contributed by atoms with Gasteiger partial charge in [0.05, 0.1) is 19.5 Å². The van der Waals surface area contributed by atoms with Crippen LogP contribution in [-0.4, -0.2) is 44.4 Å². The predicted molar refractivity (Wildman–Crippen MR) is 66.4 cm³/mol. The highest BCUT2D eigenvalue weighted by atomic mass is 16.6. The number of hydrogen-bond acceptors (Lipinski definition) is 5. The number of nitrogens with two attached hydrogens (primary N) is 1. The van der Waals surface area contributed by atoms with E-state index in [0.29, 0.717) is 33.0 Å². The largest absolute Gasteiger partial charge is 0.473 e. The van der Waals surface area contributed by atoms with Crippen molar-refractivity contribution in [3.05, 3.63) is 12.3 Å². The molecule has 0 fully saturated rings. The van der Waals surface area contributed by atoms with Gasteiger partial charge in [-0.2, -0.15) is 0 Å². The molecule has 0 bridgehead atoms. The van der Waals surface area contributed by atoms with E-state index >= 15 is 0 Å². The highest BCUT2D eigenvalue weighted by Gasteiger charge is 2.06. The summed E-state index contributed by atoms with van der Waals surface area (Å²) in [4.78, 5) is 0. The zero-order valence-electron chi connectivity index (χ0n) is 10.8. The molecule has 0 radical (unpaired) electrons. The van der Waals surface area contributed by atoms with Gasteiger partial charge in [0.2, 0.25) is 0 Å². The van der Waals surface area contributed by atoms with Crippen LogP contribution in [-0.2, 0) is 14.2 Å². The Morgan fingerprint density at radius 2 is 1.88 bits per heavy atom. The summed E-state index contributed by atoms with van der Waals surface area (Å²) in [6.07, 6.45) is 3.29. The van der Waals surface area contributed by atoms with Gasteiger partial charge in [0.15, 0.2) is 6.29 Å². The molecule has 3 N–H and O–H groups in total. The summed E-state index contributed by atoms with van der Waals surface area (Å²) in [5.74, 6) is 0.0836. The zero-order chi connectivity index (χ0) is 12.9. The van der Waals surface area contributed by atoms with Crippen molar-refractivity contribution in [1.29, 1.82) is 0 Å². The van der Waals surface area contributed by atoms with E-state index < -0.39 is 6.29 Å². The van der Waals surface area contributed by atoms with Gasteiger partial charge in [0.25, 0.3) is 0 Å². The van der Waals surface area contributed by atoms with E-state index in [9.17, 15) is 5.11 Å². The fraction of sp³-hybridized carbons (Fsp3) is 0.833. The lowest BCUT2D eigenvalue weighted by atomic mass is 10.2. The molecule has 102 valence electrons. The molecule has 0 aliphatic carbocycles. The van der Waals surface area contributed by atoms with Gasteiger partial charge in [-0.25, -0.2) is 0 Å². The Labute approximate surface area is 104 Å². The van der Waals surface area contributed by atoms with Crippen LogP contribution in [0.3, 0.4) is 0 Å². The molecule has 0 saturated carbocycles. The van der Waals surface area contributed by atoms with Gasteiger partial charge in [0.1, 0.15) is 0 Å². The Balaban J connectivity index is 3.19. The second kappa shape index (κ2) is 11.9. The van der Waals surface area contributed by atoms with Crippen molar-refractivity contribution in [2.24, 2.45) is 11.7 Å². The minimum Gasteiger partial charge on any atom is -0.473 e. The summed E-state index contributed by atoms with van der Waals surface area (Å²) < 4.78 is 15.5. The molecule has 17 heavy (non-hydrogen) atoms. The van der Waals surface area contributed by atoms with Crippen LogP contribution in [0, 0.1) is 5.92 Å². The van der Waals surface area contributed by atoms with Gasteiger partial charge < -0.3 is 25.1 Å². The van der Waals surface area contributed by atoms with Gasteiger partial charge in [-0.3, -0.25) is 0 Å². The fourth-order valence-electron chi connectivity index (χ4n) is 0.932. The predicted octanol–water partition coefficient (Wildman–Crippen LogP) is 0.873. The molecule has 0 aromatic carbocycles. The quantitative estimate of drug-likeness (QED) is 0.322. The first-order valence-corrected chi connectivity index (χ1v) is 6.02. The van der Waals surface area contributed by atoms with Crippen molar-refractivity contribution in [2.45, 2.75) is 26.6 Å². The van der Waals surface area contributed by atoms with Gasteiger partial charge in [0, 0.05) is 25.7 Å². The van der Waals surface area contributed by atoms with Crippen LogP contribution in [0.1, 0.15) is 20.3 Å². The van der Waals surface area contributed by atoms with Crippen molar-refractivity contribution >= 4 is 0 Å². The van der Waals surface area contributed by atoms with Crippen molar-refractivity contribution in [2.75, 3.05) is 33.0 Å². The number of aliphatic hydroxyl groups is 1.